The van der Waals surface area contributed by atoms with Crippen LogP contribution >= 0.6 is 0 Å². The van der Waals surface area contributed by atoms with E-state index in [0.717, 1.165) is 37.7 Å². The summed E-state index contributed by atoms with van der Waals surface area (Å²) in [5, 5.41) is 7.06. The standard InChI is InChI=1S/C24H33N3O4/c1-16(2)30-21-9-8-18(14-22(21)29-3)25-24(28)23-15-20(26-31-23)17-10-12-27(13-11-17)19-6-4-5-7-19/h8-9,14-17,19H,4-7,10-13H2,1-3H3,(H,25,28). The molecule has 2 heterocycles. The molecule has 168 valence electrons. The highest BCUT2D eigenvalue weighted by atomic mass is 16.5. The van der Waals surface area contributed by atoms with Gasteiger partial charge in [-0.1, -0.05) is 18.0 Å². The number of benzene rings is 1. The number of ether oxygens (including phenoxy) is 2. The monoisotopic (exact) mass is 427 g/mol. The predicted molar refractivity (Wildman–Crippen MR) is 119 cm³/mol. The number of aromatic nitrogens is 1. The molecule has 7 heteroatoms. The number of hydrogen-bond acceptors (Lipinski definition) is 6. The zero-order valence-corrected chi connectivity index (χ0v) is 18.7. The van der Waals surface area contributed by atoms with Gasteiger partial charge in [0.05, 0.1) is 18.9 Å². The Balaban J connectivity index is 1.35. The number of amides is 1. The van der Waals surface area contributed by atoms with Gasteiger partial charge in [-0.15, -0.1) is 0 Å². The molecule has 2 aromatic rings. The average molecular weight is 428 g/mol. The third-order valence-electron chi connectivity index (χ3n) is 6.33. The van der Waals surface area contributed by atoms with Gasteiger partial charge in [-0.05, 0) is 64.8 Å². The quantitative estimate of drug-likeness (QED) is 0.681. The van der Waals surface area contributed by atoms with E-state index in [0.29, 0.717) is 23.1 Å². The number of methoxy groups -OCH3 is 1. The molecule has 31 heavy (non-hydrogen) atoms. The van der Waals surface area contributed by atoms with Crippen molar-refractivity contribution < 1.29 is 18.8 Å². The lowest BCUT2D eigenvalue weighted by Crippen LogP contribution is -2.39. The van der Waals surface area contributed by atoms with Gasteiger partial charge in [0, 0.05) is 29.8 Å². The van der Waals surface area contributed by atoms with Crippen molar-refractivity contribution in [2.24, 2.45) is 0 Å². The molecule has 1 saturated heterocycles. The van der Waals surface area contributed by atoms with Gasteiger partial charge in [0.25, 0.3) is 5.91 Å². The first kappa shape index (κ1) is 21.7. The maximum Gasteiger partial charge on any atom is 0.294 e. The first-order valence-electron chi connectivity index (χ1n) is 11.4. The highest BCUT2D eigenvalue weighted by molar-refractivity contribution is 6.02. The Hall–Kier alpha value is -2.54. The van der Waals surface area contributed by atoms with Crippen molar-refractivity contribution in [3.8, 4) is 11.5 Å². The number of hydrogen-bond donors (Lipinski definition) is 1. The molecule has 1 saturated carbocycles. The summed E-state index contributed by atoms with van der Waals surface area (Å²) in [6.07, 6.45) is 7.59. The van der Waals surface area contributed by atoms with E-state index in [1.807, 2.05) is 13.8 Å². The fraction of sp³-hybridized carbons (Fsp3) is 0.583. The molecule has 0 spiro atoms. The first-order valence-corrected chi connectivity index (χ1v) is 11.4. The van der Waals surface area contributed by atoms with Gasteiger partial charge in [0.15, 0.2) is 11.5 Å². The molecule has 1 N–H and O–H groups in total. The van der Waals surface area contributed by atoms with Crippen LogP contribution in [-0.2, 0) is 0 Å². The maximum absolute atomic E-state index is 12.7. The highest BCUT2D eigenvalue weighted by Gasteiger charge is 2.29. The summed E-state index contributed by atoms with van der Waals surface area (Å²) < 4.78 is 16.5. The van der Waals surface area contributed by atoms with Crippen molar-refractivity contribution in [2.45, 2.75) is 70.4 Å². The Morgan fingerprint density at radius 2 is 1.87 bits per heavy atom. The Kier molecular flexibility index (Phi) is 6.80. The average Bonchev–Trinajstić information content (AvgIpc) is 3.47. The van der Waals surface area contributed by atoms with Crippen molar-refractivity contribution >= 4 is 11.6 Å². The molecule has 2 aliphatic rings. The maximum atomic E-state index is 12.7. The van der Waals surface area contributed by atoms with Crippen LogP contribution in [0.3, 0.4) is 0 Å². The number of carbonyl (C=O) groups is 1. The van der Waals surface area contributed by atoms with Crippen LogP contribution in [0, 0.1) is 0 Å². The van der Waals surface area contributed by atoms with Crippen LogP contribution in [0.25, 0.3) is 0 Å². The summed E-state index contributed by atoms with van der Waals surface area (Å²) in [5.74, 6) is 1.48. The van der Waals surface area contributed by atoms with Crippen LogP contribution in [-0.4, -0.2) is 48.3 Å². The fourth-order valence-corrected chi connectivity index (χ4v) is 4.71. The van der Waals surface area contributed by atoms with Crippen LogP contribution < -0.4 is 14.8 Å². The van der Waals surface area contributed by atoms with Gasteiger partial charge in [-0.25, -0.2) is 0 Å². The summed E-state index contributed by atoms with van der Waals surface area (Å²) in [4.78, 5) is 15.3. The smallest absolute Gasteiger partial charge is 0.294 e. The molecule has 0 atom stereocenters. The first-order chi connectivity index (χ1) is 15.0. The molecule has 1 aliphatic heterocycles. The van der Waals surface area contributed by atoms with E-state index in [1.165, 1.54) is 25.7 Å². The van der Waals surface area contributed by atoms with Crippen molar-refractivity contribution in [1.29, 1.82) is 0 Å². The predicted octanol–water partition coefficient (Wildman–Crippen LogP) is 4.84. The molecule has 2 fully saturated rings. The van der Waals surface area contributed by atoms with E-state index in [2.05, 4.69) is 15.4 Å². The molecule has 1 amide bonds. The van der Waals surface area contributed by atoms with E-state index < -0.39 is 0 Å². The number of rotatable bonds is 7. The number of piperidine rings is 1. The second-order valence-electron chi connectivity index (χ2n) is 8.85. The Morgan fingerprint density at radius 3 is 2.55 bits per heavy atom. The number of nitrogens with one attached hydrogen (secondary N) is 1. The second kappa shape index (κ2) is 9.73. The molecule has 1 aliphatic carbocycles. The van der Waals surface area contributed by atoms with Crippen LogP contribution in [0.2, 0.25) is 0 Å². The molecular formula is C24H33N3O4. The molecule has 1 aromatic carbocycles. The van der Waals surface area contributed by atoms with Gasteiger partial charge in [-0.2, -0.15) is 0 Å². The lowest BCUT2D eigenvalue weighted by atomic mass is 9.92. The zero-order valence-electron chi connectivity index (χ0n) is 18.7. The summed E-state index contributed by atoms with van der Waals surface area (Å²) in [7, 11) is 1.58. The normalized spacial score (nSPS) is 18.5. The Bertz CT molecular complexity index is 881. The van der Waals surface area contributed by atoms with Crippen LogP contribution in [0.4, 0.5) is 5.69 Å². The third kappa shape index (κ3) is 5.21. The van der Waals surface area contributed by atoms with E-state index in [-0.39, 0.29) is 17.8 Å². The minimum atomic E-state index is -0.318. The van der Waals surface area contributed by atoms with E-state index >= 15 is 0 Å². The Morgan fingerprint density at radius 1 is 1.13 bits per heavy atom. The van der Waals surface area contributed by atoms with Crippen LogP contribution in [0.1, 0.15) is 74.5 Å². The highest BCUT2D eigenvalue weighted by Crippen LogP contribution is 2.33. The summed E-state index contributed by atoms with van der Waals surface area (Å²) in [6.45, 7) is 6.12. The van der Waals surface area contributed by atoms with Crippen molar-refractivity contribution in [1.82, 2.24) is 10.1 Å². The van der Waals surface area contributed by atoms with Crippen LogP contribution in [0.15, 0.2) is 28.8 Å². The van der Waals surface area contributed by atoms with Gasteiger partial charge < -0.3 is 24.2 Å². The van der Waals surface area contributed by atoms with Gasteiger partial charge in [0.2, 0.25) is 5.76 Å². The molecule has 0 bridgehead atoms. The minimum Gasteiger partial charge on any atom is -0.493 e. The SMILES string of the molecule is COc1cc(NC(=O)c2cc(C3CCN(C4CCCC4)CC3)no2)ccc1OC(C)C. The number of likely N-dealkylation sites (tertiary alicyclic amines) is 1. The van der Waals surface area contributed by atoms with Crippen molar-refractivity contribution in [2.75, 3.05) is 25.5 Å². The molecule has 4 rings (SSSR count). The van der Waals surface area contributed by atoms with E-state index in [4.69, 9.17) is 14.0 Å². The molecule has 1 aromatic heterocycles. The van der Waals surface area contributed by atoms with E-state index in [9.17, 15) is 4.79 Å². The molecule has 0 radical (unpaired) electrons. The summed E-state index contributed by atoms with van der Waals surface area (Å²) in [6, 6.07) is 7.88. The summed E-state index contributed by atoms with van der Waals surface area (Å²) in [5.41, 5.74) is 1.50. The van der Waals surface area contributed by atoms with Crippen LogP contribution in [0.5, 0.6) is 11.5 Å². The lowest BCUT2D eigenvalue weighted by Gasteiger charge is -2.35. The van der Waals surface area contributed by atoms with Crippen molar-refractivity contribution in [3.63, 3.8) is 0 Å². The molecule has 7 nitrogen and oxygen atoms in total. The number of carbonyl (C=O) groups excluding carboxylic acids is 1. The van der Waals surface area contributed by atoms with E-state index in [1.54, 1.807) is 31.4 Å². The largest absolute Gasteiger partial charge is 0.493 e. The van der Waals surface area contributed by atoms with Crippen molar-refractivity contribution in [3.05, 3.63) is 35.7 Å². The number of nitrogens with zero attached hydrogens (tertiary/aromatic N) is 2. The van der Waals surface area contributed by atoms with Gasteiger partial charge in [0.1, 0.15) is 0 Å². The zero-order chi connectivity index (χ0) is 21.8. The minimum absolute atomic E-state index is 0.0342. The van der Waals surface area contributed by atoms with Gasteiger partial charge >= 0.3 is 0 Å². The Labute approximate surface area is 184 Å². The topological polar surface area (TPSA) is 76.8 Å². The number of anilines is 1. The summed E-state index contributed by atoms with van der Waals surface area (Å²) >= 11 is 0. The molecule has 0 unspecified atom stereocenters. The fourth-order valence-electron chi connectivity index (χ4n) is 4.71. The second-order valence-corrected chi connectivity index (χ2v) is 8.85. The molecular weight excluding hydrogens is 394 g/mol. The third-order valence-corrected chi connectivity index (χ3v) is 6.33. The lowest BCUT2D eigenvalue weighted by molar-refractivity contribution is 0.0987. The van der Waals surface area contributed by atoms with Gasteiger partial charge in [-0.3, -0.25) is 4.79 Å².